The summed E-state index contributed by atoms with van der Waals surface area (Å²) in [6, 6.07) is 3.16. The average molecular weight is 415 g/mol. The van der Waals surface area contributed by atoms with Gasteiger partial charge in [-0.15, -0.1) is 0 Å². The van der Waals surface area contributed by atoms with Crippen LogP contribution in [0.4, 0.5) is 24.5 Å². The van der Waals surface area contributed by atoms with Crippen LogP contribution in [-0.2, 0) is 16.0 Å². The molecule has 1 aromatic carbocycles. The van der Waals surface area contributed by atoms with Crippen molar-refractivity contribution in [1.82, 2.24) is 4.90 Å². The third-order valence-electron chi connectivity index (χ3n) is 5.75. The highest BCUT2D eigenvalue weighted by atomic mass is 19.4. The number of likely N-dealkylation sites (tertiary alicyclic amines) is 1. The first-order chi connectivity index (χ1) is 13.7. The predicted molar refractivity (Wildman–Crippen MR) is 95.1 cm³/mol. The molecule has 0 aliphatic carbocycles. The lowest BCUT2D eigenvalue weighted by molar-refractivity contribution is -0.384. The number of rotatable bonds is 2. The van der Waals surface area contributed by atoms with Gasteiger partial charge in [0.25, 0.3) is 5.69 Å². The molecule has 1 aromatic rings. The molecule has 3 aliphatic rings. The molecule has 0 N–H and O–H groups in total. The van der Waals surface area contributed by atoms with E-state index in [0.29, 0.717) is 49.7 Å². The molecular formula is C18H20F3N3O5. The van der Waals surface area contributed by atoms with Gasteiger partial charge in [0.2, 0.25) is 0 Å². The van der Waals surface area contributed by atoms with Crippen LogP contribution in [0.2, 0.25) is 0 Å². The molecule has 0 unspecified atom stereocenters. The van der Waals surface area contributed by atoms with Crippen molar-refractivity contribution in [3.05, 3.63) is 27.8 Å². The lowest BCUT2D eigenvalue weighted by Gasteiger charge is -2.38. The van der Waals surface area contributed by atoms with Crippen LogP contribution in [-0.4, -0.2) is 66.9 Å². The molecule has 0 bridgehead atoms. The van der Waals surface area contributed by atoms with E-state index in [-0.39, 0.29) is 31.6 Å². The van der Waals surface area contributed by atoms with Crippen LogP contribution in [0.15, 0.2) is 12.1 Å². The zero-order valence-corrected chi connectivity index (χ0v) is 15.5. The number of nitro groups is 1. The Balaban J connectivity index is 1.54. The van der Waals surface area contributed by atoms with Crippen LogP contribution < -0.4 is 9.64 Å². The summed E-state index contributed by atoms with van der Waals surface area (Å²) >= 11 is 0. The van der Waals surface area contributed by atoms with Gasteiger partial charge in [0.15, 0.2) is 0 Å². The van der Waals surface area contributed by atoms with E-state index in [1.165, 1.54) is 6.07 Å². The lowest BCUT2D eigenvalue weighted by Crippen LogP contribution is -2.52. The Hall–Kier alpha value is -2.56. The zero-order chi connectivity index (χ0) is 20.8. The van der Waals surface area contributed by atoms with Crippen LogP contribution in [0.5, 0.6) is 5.75 Å². The van der Waals surface area contributed by atoms with E-state index in [4.69, 9.17) is 9.47 Å². The monoisotopic (exact) mass is 415 g/mol. The fraction of sp³-hybridized carbons (Fsp3) is 0.611. The number of fused-ring (bicyclic) bond motifs is 1. The number of nitrogens with zero attached hydrogens (tertiary/aromatic N) is 3. The van der Waals surface area contributed by atoms with E-state index in [2.05, 4.69) is 0 Å². The third kappa shape index (κ3) is 3.70. The summed E-state index contributed by atoms with van der Waals surface area (Å²) in [4.78, 5) is 25.3. The number of hydrogen-bond acceptors (Lipinski definition) is 6. The second kappa shape index (κ2) is 7.05. The first kappa shape index (κ1) is 19.7. The number of anilines is 1. The Labute approximate surface area is 164 Å². The quantitative estimate of drug-likeness (QED) is 0.544. The molecular weight excluding hydrogens is 395 g/mol. The van der Waals surface area contributed by atoms with Crippen molar-refractivity contribution in [3.8, 4) is 5.75 Å². The Kier molecular flexibility index (Phi) is 4.80. The molecule has 158 valence electrons. The molecule has 0 aromatic heterocycles. The van der Waals surface area contributed by atoms with Crippen molar-refractivity contribution in [1.29, 1.82) is 0 Å². The predicted octanol–water partition coefficient (Wildman–Crippen LogP) is 2.29. The molecule has 1 spiro atoms. The topological polar surface area (TPSA) is 85.2 Å². The number of halogens is 3. The van der Waals surface area contributed by atoms with E-state index in [9.17, 15) is 28.1 Å². The van der Waals surface area contributed by atoms with Crippen LogP contribution in [0.3, 0.4) is 0 Å². The fourth-order valence-electron chi connectivity index (χ4n) is 4.23. The van der Waals surface area contributed by atoms with Gasteiger partial charge in [-0.25, -0.2) is 0 Å². The summed E-state index contributed by atoms with van der Waals surface area (Å²) in [5.74, 6) is -1.32. The third-order valence-corrected chi connectivity index (χ3v) is 5.75. The molecule has 0 saturated carbocycles. The van der Waals surface area contributed by atoms with Gasteiger partial charge in [-0.3, -0.25) is 14.9 Å². The first-order valence-electron chi connectivity index (χ1n) is 9.38. The van der Waals surface area contributed by atoms with Crippen molar-refractivity contribution in [2.75, 3.05) is 44.3 Å². The van der Waals surface area contributed by atoms with E-state index in [1.54, 1.807) is 6.07 Å². The summed E-state index contributed by atoms with van der Waals surface area (Å²) in [5.41, 5.74) is 0.376. The Morgan fingerprint density at radius 3 is 2.38 bits per heavy atom. The molecule has 2 saturated heterocycles. The summed E-state index contributed by atoms with van der Waals surface area (Å²) < 4.78 is 49.4. The van der Waals surface area contributed by atoms with Gasteiger partial charge in [-0.2, -0.15) is 13.2 Å². The van der Waals surface area contributed by atoms with Gasteiger partial charge in [0.1, 0.15) is 17.0 Å². The molecule has 2 fully saturated rings. The van der Waals surface area contributed by atoms with Crippen LogP contribution in [0.1, 0.15) is 18.4 Å². The van der Waals surface area contributed by atoms with E-state index >= 15 is 0 Å². The van der Waals surface area contributed by atoms with Gasteiger partial charge in [0.05, 0.1) is 18.1 Å². The number of carbonyl (C=O) groups excluding carboxylic acids is 1. The second-order valence-electron chi connectivity index (χ2n) is 7.56. The number of carbonyl (C=O) groups is 1. The standard InChI is InChI=1S/C18H20F3N3O5/c19-18(20,21)16(25)23-3-1-17(2-4-23)11-12-9-14(24(26)27)13(10-15(12)29-17)22-5-7-28-8-6-22/h9-10H,1-8,11H2. The SMILES string of the molecule is O=C(N1CCC2(CC1)Cc1cc([N+](=O)[O-])c(N3CCOCC3)cc1O2)C(F)(F)F. The maximum absolute atomic E-state index is 12.7. The summed E-state index contributed by atoms with van der Waals surface area (Å²) in [6.07, 6.45) is -4.04. The van der Waals surface area contributed by atoms with Crippen molar-refractivity contribution < 1.29 is 32.4 Å². The molecule has 1 amide bonds. The molecule has 29 heavy (non-hydrogen) atoms. The maximum atomic E-state index is 12.7. The largest absolute Gasteiger partial charge is 0.486 e. The van der Waals surface area contributed by atoms with E-state index in [0.717, 1.165) is 4.90 Å². The van der Waals surface area contributed by atoms with Gasteiger partial charge in [-0.1, -0.05) is 0 Å². The van der Waals surface area contributed by atoms with Gasteiger partial charge >= 0.3 is 12.1 Å². The zero-order valence-electron chi connectivity index (χ0n) is 15.5. The first-order valence-corrected chi connectivity index (χ1v) is 9.38. The molecule has 0 atom stereocenters. The van der Waals surface area contributed by atoms with Crippen LogP contribution in [0.25, 0.3) is 0 Å². The molecule has 0 radical (unpaired) electrons. The number of benzene rings is 1. The van der Waals surface area contributed by atoms with Crippen molar-refractivity contribution in [3.63, 3.8) is 0 Å². The number of nitro benzene ring substituents is 1. The van der Waals surface area contributed by atoms with E-state index < -0.39 is 22.6 Å². The highest BCUT2D eigenvalue weighted by Crippen LogP contribution is 2.46. The summed E-state index contributed by atoms with van der Waals surface area (Å²) in [5, 5.41) is 11.6. The second-order valence-corrected chi connectivity index (χ2v) is 7.56. The van der Waals surface area contributed by atoms with Crippen molar-refractivity contribution in [2.45, 2.75) is 31.0 Å². The number of amides is 1. The van der Waals surface area contributed by atoms with Crippen LogP contribution >= 0.6 is 0 Å². The number of ether oxygens (including phenoxy) is 2. The minimum absolute atomic E-state index is 0.0176. The normalized spacial score (nSPS) is 21.1. The fourth-order valence-corrected chi connectivity index (χ4v) is 4.23. The molecule has 11 heteroatoms. The van der Waals surface area contributed by atoms with Crippen molar-refractivity contribution >= 4 is 17.3 Å². The van der Waals surface area contributed by atoms with E-state index in [1.807, 2.05) is 4.90 Å². The lowest BCUT2D eigenvalue weighted by atomic mass is 9.87. The molecule has 3 heterocycles. The minimum Gasteiger partial charge on any atom is -0.486 e. The summed E-state index contributed by atoms with van der Waals surface area (Å²) in [6.45, 7) is 1.87. The minimum atomic E-state index is -4.89. The maximum Gasteiger partial charge on any atom is 0.471 e. The highest BCUT2D eigenvalue weighted by Gasteiger charge is 2.48. The Morgan fingerprint density at radius 1 is 1.14 bits per heavy atom. The summed E-state index contributed by atoms with van der Waals surface area (Å²) in [7, 11) is 0. The number of hydrogen-bond donors (Lipinski definition) is 0. The Bertz CT molecular complexity index is 831. The number of piperidine rings is 1. The van der Waals surface area contributed by atoms with Gasteiger partial charge in [-0.05, 0) is 0 Å². The van der Waals surface area contributed by atoms with Gasteiger partial charge < -0.3 is 19.3 Å². The molecule has 3 aliphatic heterocycles. The van der Waals surface area contributed by atoms with Crippen molar-refractivity contribution in [2.24, 2.45) is 0 Å². The smallest absolute Gasteiger partial charge is 0.471 e. The molecule has 8 nitrogen and oxygen atoms in total. The average Bonchev–Trinajstić information content (AvgIpc) is 3.03. The number of morpholine rings is 1. The van der Waals surface area contributed by atoms with Gasteiger partial charge in [0, 0.05) is 63.1 Å². The van der Waals surface area contributed by atoms with Crippen LogP contribution in [0, 0.1) is 10.1 Å². The molecule has 4 rings (SSSR count). The highest BCUT2D eigenvalue weighted by molar-refractivity contribution is 5.82. The number of alkyl halides is 3. The Morgan fingerprint density at radius 2 is 1.79 bits per heavy atom.